The van der Waals surface area contributed by atoms with Crippen LogP contribution in [0.1, 0.15) is 6.92 Å². The summed E-state index contributed by atoms with van der Waals surface area (Å²) in [5, 5.41) is 4.96. The summed E-state index contributed by atoms with van der Waals surface area (Å²) in [5.74, 6) is 0.430. The summed E-state index contributed by atoms with van der Waals surface area (Å²) < 4.78 is 5.25. The van der Waals surface area contributed by atoms with Crippen LogP contribution in [-0.4, -0.2) is 23.3 Å². The number of hydrogen-bond acceptors (Lipinski definition) is 4. The number of halogens is 1. The highest BCUT2D eigenvalue weighted by Gasteiger charge is 2.17. The number of pyridine rings is 1. The molecule has 0 aliphatic rings. The van der Waals surface area contributed by atoms with Crippen LogP contribution in [0.3, 0.4) is 0 Å². The lowest BCUT2D eigenvalue weighted by Crippen LogP contribution is -2.22. The highest BCUT2D eigenvalue weighted by atomic mass is 35.5. The predicted molar refractivity (Wildman–Crippen MR) is 104 cm³/mol. The smallest absolute Gasteiger partial charge is 0.237 e. The Morgan fingerprint density at radius 1 is 1.20 bits per heavy atom. The summed E-state index contributed by atoms with van der Waals surface area (Å²) in [6.07, 6.45) is 0. The fraction of sp³-hybridized carbons (Fsp3) is 0.158. The Balaban J connectivity index is 1.72. The molecule has 0 unspecified atom stereocenters. The van der Waals surface area contributed by atoms with E-state index in [4.69, 9.17) is 16.3 Å². The molecular weight excluding hydrogens is 356 g/mol. The summed E-state index contributed by atoms with van der Waals surface area (Å²) in [7, 11) is 1.55. The summed E-state index contributed by atoms with van der Waals surface area (Å²) in [6, 6.07) is 16.9. The molecule has 6 heteroatoms. The van der Waals surface area contributed by atoms with E-state index in [-0.39, 0.29) is 11.2 Å². The van der Waals surface area contributed by atoms with E-state index in [0.29, 0.717) is 16.5 Å². The highest BCUT2D eigenvalue weighted by molar-refractivity contribution is 8.00. The summed E-state index contributed by atoms with van der Waals surface area (Å²) in [5.41, 5.74) is 1.47. The molecule has 128 valence electrons. The third kappa shape index (κ3) is 4.24. The zero-order chi connectivity index (χ0) is 17.8. The molecule has 1 aromatic heterocycles. The van der Waals surface area contributed by atoms with Gasteiger partial charge in [-0.1, -0.05) is 47.6 Å². The van der Waals surface area contributed by atoms with Crippen molar-refractivity contribution in [2.45, 2.75) is 17.2 Å². The molecule has 0 saturated heterocycles. The molecule has 0 fully saturated rings. The van der Waals surface area contributed by atoms with Crippen LogP contribution < -0.4 is 10.1 Å². The van der Waals surface area contributed by atoms with Crippen molar-refractivity contribution in [3.8, 4) is 5.75 Å². The molecule has 0 bridgehead atoms. The van der Waals surface area contributed by atoms with E-state index >= 15 is 0 Å². The number of thioether (sulfide) groups is 1. The Hall–Kier alpha value is -2.24. The zero-order valence-corrected chi connectivity index (χ0v) is 15.4. The third-order valence-corrected chi connectivity index (χ3v) is 4.93. The summed E-state index contributed by atoms with van der Waals surface area (Å²) >= 11 is 7.41. The molecule has 0 saturated carbocycles. The standard InChI is InChI=1S/C19H17ClN2O2S/c1-12(19(23)22-16-11-14(20)8-9-17(16)24-2)25-18-10-7-13-5-3-4-6-15(13)21-18/h3-12H,1-2H3,(H,22,23)/t12-/m1/s1. The van der Waals surface area contributed by atoms with Crippen molar-refractivity contribution >= 4 is 45.9 Å². The maximum Gasteiger partial charge on any atom is 0.237 e. The van der Waals surface area contributed by atoms with Crippen LogP contribution >= 0.6 is 23.4 Å². The van der Waals surface area contributed by atoms with Gasteiger partial charge >= 0.3 is 0 Å². The quantitative estimate of drug-likeness (QED) is 0.639. The summed E-state index contributed by atoms with van der Waals surface area (Å²) in [4.78, 5) is 17.1. The van der Waals surface area contributed by atoms with Crippen molar-refractivity contribution in [3.63, 3.8) is 0 Å². The number of ether oxygens (including phenoxy) is 1. The van der Waals surface area contributed by atoms with E-state index < -0.39 is 0 Å². The van der Waals surface area contributed by atoms with Gasteiger partial charge in [-0.2, -0.15) is 0 Å². The largest absolute Gasteiger partial charge is 0.495 e. The normalized spacial score (nSPS) is 12.0. The number of fused-ring (bicyclic) bond motifs is 1. The molecule has 1 heterocycles. The van der Waals surface area contributed by atoms with Gasteiger partial charge in [0.2, 0.25) is 5.91 Å². The SMILES string of the molecule is COc1ccc(Cl)cc1NC(=O)[C@@H](C)Sc1ccc2ccccc2n1. The topological polar surface area (TPSA) is 51.2 Å². The molecule has 1 atom stereocenters. The van der Waals surface area contributed by atoms with Gasteiger partial charge < -0.3 is 10.1 Å². The minimum Gasteiger partial charge on any atom is -0.495 e. The molecule has 1 amide bonds. The zero-order valence-electron chi connectivity index (χ0n) is 13.8. The van der Waals surface area contributed by atoms with Gasteiger partial charge in [0.25, 0.3) is 0 Å². The summed E-state index contributed by atoms with van der Waals surface area (Å²) in [6.45, 7) is 1.84. The first-order valence-corrected chi connectivity index (χ1v) is 8.99. The maximum absolute atomic E-state index is 12.5. The molecule has 4 nitrogen and oxygen atoms in total. The van der Waals surface area contributed by atoms with Gasteiger partial charge in [0.15, 0.2) is 0 Å². The van der Waals surface area contributed by atoms with E-state index in [1.54, 1.807) is 25.3 Å². The Morgan fingerprint density at radius 2 is 2.00 bits per heavy atom. The number of aromatic nitrogens is 1. The van der Waals surface area contributed by atoms with Crippen molar-refractivity contribution < 1.29 is 9.53 Å². The molecule has 0 aliphatic heterocycles. The molecule has 1 N–H and O–H groups in total. The maximum atomic E-state index is 12.5. The van der Waals surface area contributed by atoms with Gasteiger partial charge in [0.1, 0.15) is 5.75 Å². The van der Waals surface area contributed by atoms with Gasteiger partial charge in [0.05, 0.1) is 28.6 Å². The van der Waals surface area contributed by atoms with Crippen molar-refractivity contribution in [2.24, 2.45) is 0 Å². The van der Waals surface area contributed by atoms with Crippen molar-refractivity contribution in [1.29, 1.82) is 0 Å². The fourth-order valence-electron chi connectivity index (χ4n) is 2.36. The van der Waals surface area contributed by atoms with E-state index in [9.17, 15) is 4.79 Å². The molecule has 0 aliphatic carbocycles. The lowest BCUT2D eigenvalue weighted by Gasteiger charge is -2.14. The number of carbonyl (C=O) groups is 1. The number of benzene rings is 2. The van der Waals surface area contributed by atoms with Crippen LogP contribution in [0.25, 0.3) is 10.9 Å². The van der Waals surface area contributed by atoms with Gasteiger partial charge in [0, 0.05) is 10.4 Å². The number of methoxy groups -OCH3 is 1. The Bertz CT molecular complexity index is 917. The Morgan fingerprint density at radius 3 is 2.80 bits per heavy atom. The first kappa shape index (κ1) is 17.6. The average molecular weight is 373 g/mol. The molecule has 2 aromatic carbocycles. The number of para-hydroxylation sites is 1. The monoisotopic (exact) mass is 372 g/mol. The van der Waals surface area contributed by atoms with Crippen LogP contribution in [0.5, 0.6) is 5.75 Å². The molecule has 25 heavy (non-hydrogen) atoms. The number of carbonyl (C=O) groups excluding carboxylic acids is 1. The second kappa shape index (κ2) is 7.76. The lowest BCUT2D eigenvalue weighted by molar-refractivity contribution is -0.115. The third-order valence-electron chi connectivity index (χ3n) is 3.66. The van der Waals surface area contributed by atoms with Gasteiger partial charge in [-0.15, -0.1) is 0 Å². The van der Waals surface area contributed by atoms with Crippen LogP contribution in [0, 0.1) is 0 Å². The number of rotatable bonds is 5. The van der Waals surface area contributed by atoms with Crippen molar-refractivity contribution in [1.82, 2.24) is 4.98 Å². The van der Waals surface area contributed by atoms with Crippen LogP contribution in [-0.2, 0) is 4.79 Å². The Labute approximate surface area is 155 Å². The van der Waals surface area contributed by atoms with E-state index in [1.165, 1.54) is 11.8 Å². The number of nitrogens with one attached hydrogen (secondary N) is 1. The number of nitrogens with zero attached hydrogens (tertiary/aromatic N) is 1. The van der Waals surface area contributed by atoms with Crippen LogP contribution in [0.2, 0.25) is 5.02 Å². The van der Waals surface area contributed by atoms with Crippen molar-refractivity contribution in [3.05, 3.63) is 59.6 Å². The minimum atomic E-state index is -0.322. The van der Waals surface area contributed by atoms with E-state index in [1.807, 2.05) is 43.3 Å². The minimum absolute atomic E-state index is 0.138. The van der Waals surface area contributed by atoms with Crippen LogP contribution in [0.4, 0.5) is 5.69 Å². The number of amides is 1. The van der Waals surface area contributed by atoms with Crippen LogP contribution in [0.15, 0.2) is 59.6 Å². The first-order valence-electron chi connectivity index (χ1n) is 7.73. The van der Waals surface area contributed by atoms with Gasteiger partial charge in [-0.25, -0.2) is 4.98 Å². The highest BCUT2D eigenvalue weighted by Crippen LogP contribution is 2.29. The average Bonchev–Trinajstić information content (AvgIpc) is 2.61. The number of hydrogen-bond donors (Lipinski definition) is 1. The molecule has 0 spiro atoms. The number of anilines is 1. The van der Waals surface area contributed by atoms with E-state index in [2.05, 4.69) is 10.3 Å². The molecular formula is C19H17ClN2O2S. The van der Waals surface area contributed by atoms with Crippen molar-refractivity contribution in [2.75, 3.05) is 12.4 Å². The van der Waals surface area contributed by atoms with Gasteiger partial charge in [-0.3, -0.25) is 4.79 Å². The lowest BCUT2D eigenvalue weighted by atomic mass is 10.2. The Kier molecular flexibility index (Phi) is 5.46. The van der Waals surface area contributed by atoms with E-state index in [0.717, 1.165) is 15.9 Å². The molecule has 3 aromatic rings. The molecule has 0 radical (unpaired) electrons. The van der Waals surface area contributed by atoms with Gasteiger partial charge in [-0.05, 0) is 37.3 Å². The fourth-order valence-corrected chi connectivity index (χ4v) is 3.36. The second-order valence-corrected chi connectivity index (χ2v) is 7.23. The second-order valence-electron chi connectivity index (χ2n) is 5.44. The first-order chi connectivity index (χ1) is 12.1. The predicted octanol–water partition coefficient (Wildman–Crippen LogP) is 5.02. The molecule has 3 rings (SSSR count).